The van der Waals surface area contributed by atoms with Gasteiger partial charge in [-0.1, -0.05) is 30.6 Å². The predicted molar refractivity (Wildman–Crippen MR) is 91.1 cm³/mol. The molecule has 6 nitrogen and oxygen atoms in total. The standard InChI is InChI=1S/C17H23N3O3S/c1-4-16-18-17(19-23-16)14-9-8-12(2)15(11-14)24(21,22)20-10-6-5-7-13(20)3/h8-9,11,13H,4-7,10H2,1-3H3. The molecule has 0 bridgehead atoms. The van der Waals surface area contributed by atoms with Crippen molar-refractivity contribution in [1.29, 1.82) is 0 Å². The van der Waals surface area contributed by atoms with Gasteiger partial charge < -0.3 is 4.52 Å². The largest absolute Gasteiger partial charge is 0.339 e. The Balaban J connectivity index is 2.02. The molecule has 24 heavy (non-hydrogen) atoms. The van der Waals surface area contributed by atoms with Crippen LogP contribution in [0.1, 0.15) is 44.6 Å². The maximum Gasteiger partial charge on any atom is 0.243 e. The summed E-state index contributed by atoms with van der Waals surface area (Å²) in [6.07, 6.45) is 3.54. The molecule has 1 atom stereocenters. The lowest BCUT2D eigenvalue weighted by Crippen LogP contribution is -2.42. The third kappa shape index (κ3) is 3.10. The van der Waals surface area contributed by atoms with Crippen LogP contribution in [-0.4, -0.2) is 35.5 Å². The third-order valence-corrected chi connectivity index (χ3v) is 6.70. The molecule has 1 aromatic carbocycles. The van der Waals surface area contributed by atoms with E-state index in [0.717, 1.165) is 24.8 Å². The van der Waals surface area contributed by atoms with Gasteiger partial charge in [-0.25, -0.2) is 8.42 Å². The Labute approximate surface area is 142 Å². The number of hydrogen-bond acceptors (Lipinski definition) is 5. The Morgan fingerprint density at radius 2 is 2.12 bits per heavy atom. The fraction of sp³-hybridized carbons (Fsp3) is 0.529. The van der Waals surface area contributed by atoms with E-state index >= 15 is 0 Å². The molecule has 1 unspecified atom stereocenters. The van der Waals surface area contributed by atoms with Gasteiger partial charge in [0, 0.05) is 24.6 Å². The van der Waals surface area contributed by atoms with E-state index < -0.39 is 10.0 Å². The average molecular weight is 349 g/mol. The molecule has 0 spiro atoms. The molecule has 1 aromatic heterocycles. The molecule has 130 valence electrons. The summed E-state index contributed by atoms with van der Waals surface area (Å²) in [6, 6.07) is 5.33. The van der Waals surface area contributed by atoms with Crippen molar-refractivity contribution in [2.75, 3.05) is 6.54 Å². The summed E-state index contributed by atoms with van der Waals surface area (Å²) in [6.45, 7) is 6.30. The molecular formula is C17H23N3O3S. The lowest BCUT2D eigenvalue weighted by atomic mass is 10.1. The van der Waals surface area contributed by atoms with Crippen molar-refractivity contribution in [1.82, 2.24) is 14.4 Å². The van der Waals surface area contributed by atoms with E-state index in [9.17, 15) is 8.42 Å². The fourth-order valence-corrected chi connectivity index (χ4v) is 5.04. The van der Waals surface area contributed by atoms with E-state index in [1.807, 2.05) is 26.8 Å². The zero-order valence-electron chi connectivity index (χ0n) is 14.3. The number of aromatic nitrogens is 2. The van der Waals surface area contributed by atoms with Gasteiger partial charge in [-0.3, -0.25) is 0 Å². The zero-order chi connectivity index (χ0) is 17.3. The van der Waals surface area contributed by atoms with Crippen LogP contribution in [0.2, 0.25) is 0 Å². The van der Waals surface area contributed by atoms with Gasteiger partial charge >= 0.3 is 0 Å². The maximum absolute atomic E-state index is 13.1. The van der Waals surface area contributed by atoms with Gasteiger partial charge in [0.25, 0.3) is 0 Å². The van der Waals surface area contributed by atoms with Gasteiger partial charge in [-0.2, -0.15) is 9.29 Å². The first-order chi connectivity index (χ1) is 11.4. The van der Waals surface area contributed by atoms with Crippen molar-refractivity contribution in [3.05, 3.63) is 29.7 Å². The van der Waals surface area contributed by atoms with Crippen LogP contribution in [0, 0.1) is 6.92 Å². The molecule has 2 heterocycles. The number of aryl methyl sites for hydroxylation is 2. The topological polar surface area (TPSA) is 76.3 Å². The second-order valence-corrected chi connectivity index (χ2v) is 8.17. The van der Waals surface area contributed by atoms with Gasteiger partial charge in [0.15, 0.2) is 0 Å². The average Bonchev–Trinajstić information content (AvgIpc) is 3.04. The van der Waals surface area contributed by atoms with Crippen LogP contribution in [0.3, 0.4) is 0 Å². The van der Waals surface area contributed by atoms with E-state index in [4.69, 9.17) is 4.52 Å². The molecule has 0 amide bonds. The minimum Gasteiger partial charge on any atom is -0.339 e. The van der Waals surface area contributed by atoms with E-state index in [-0.39, 0.29) is 6.04 Å². The lowest BCUT2D eigenvalue weighted by molar-refractivity contribution is 0.268. The minimum absolute atomic E-state index is 0.0312. The Bertz CT molecular complexity index is 829. The Morgan fingerprint density at radius 1 is 1.33 bits per heavy atom. The van der Waals surface area contributed by atoms with Crippen LogP contribution in [-0.2, 0) is 16.4 Å². The molecule has 1 aliphatic rings. The Morgan fingerprint density at radius 3 is 2.79 bits per heavy atom. The second-order valence-electron chi connectivity index (χ2n) is 6.31. The van der Waals surface area contributed by atoms with Crippen LogP contribution in [0.25, 0.3) is 11.4 Å². The summed E-state index contributed by atoms with van der Waals surface area (Å²) < 4.78 is 33.0. The van der Waals surface area contributed by atoms with E-state index in [1.165, 1.54) is 0 Å². The van der Waals surface area contributed by atoms with Crippen molar-refractivity contribution >= 4 is 10.0 Å². The first-order valence-electron chi connectivity index (χ1n) is 8.39. The van der Waals surface area contributed by atoms with Crippen LogP contribution in [0.4, 0.5) is 0 Å². The number of benzene rings is 1. The first kappa shape index (κ1) is 17.1. The van der Waals surface area contributed by atoms with Crippen LogP contribution in [0.15, 0.2) is 27.6 Å². The highest BCUT2D eigenvalue weighted by Gasteiger charge is 2.32. The van der Waals surface area contributed by atoms with Crippen molar-refractivity contribution in [3.8, 4) is 11.4 Å². The maximum atomic E-state index is 13.1. The van der Waals surface area contributed by atoms with E-state index in [2.05, 4.69) is 10.1 Å². The normalized spacial score (nSPS) is 19.5. The lowest BCUT2D eigenvalue weighted by Gasteiger charge is -2.32. The number of nitrogens with zero attached hydrogens (tertiary/aromatic N) is 3. The summed E-state index contributed by atoms with van der Waals surface area (Å²) in [7, 11) is -3.52. The molecule has 1 saturated heterocycles. The minimum atomic E-state index is -3.52. The fourth-order valence-electron chi connectivity index (χ4n) is 3.09. The molecule has 0 radical (unpaired) electrons. The highest BCUT2D eigenvalue weighted by Crippen LogP contribution is 2.29. The summed E-state index contributed by atoms with van der Waals surface area (Å²) in [5.41, 5.74) is 1.39. The number of hydrogen-bond donors (Lipinski definition) is 0. The van der Waals surface area contributed by atoms with Crippen LogP contribution >= 0.6 is 0 Å². The summed E-state index contributed by atoms with van der Waals surface area (Å²) >= 11 is 0. The number of sulfonamides is 1. The van der Waals surface area contributed by atoms with E-state index in [0.29, 0.717) is 35.1 Å². The van der Waals surface area contributed by atoms with Crippen molar-refractivity contribution in [3.63, 3.8) is 0 Å². The van der Waals surface area contributed by atoms with Crippen molar-refractivity contribution < 1.29 is 12.9 Å². The molecule has 2 aromatic rings. The smallest absolute Gasteiger partial charge is 0.243 e. The highest BCUT2D eigenvalue weighted by molar-refractivity contribution is 7.89. The van der Waals surface area contributed by atoms with Gasteiger partial charge in [0.1, 0.15) is 0 Å². The predicted octanol–water partition coefficient (Wildman–Crippen LogP) is 3.17. The number of piperidine rings is 1. The summed E-state index contributed by atoms with van der Waals surface area (Å²) in [5, 5.41) is 3.94. The Kier molecular flexibility index (Phi) is 4.73. The molecule has 3 rings (SSSR count). The van der Waals surface area contributed by atoms with Crippen LogP contribution in [0.5, 0.6) is 0 Å². The SMILES string of the molecule is CCc1nc(-c2ccc(C)c(S(=O)(=O)N3CCCCC3C)c2)no1. The molecule has 1 aliphatic heterocycles. The third-order valence-electron chi connectivity index (χ3n) is 4.55. The molecule has 0 aliphatic carbocycles. The number of rotatable bonds is 4. The zero-order valence-corrected chi connectivity index (χ0v) is 15.1. The van der Waals surface area contributed by atoms with Crippen LogP contribution < -0.4 is 0 Å². The van der Waals surface area contributed by atoms with Gasteiger partial charge in [-0.05, 0) is 38.3 Å². The van der Waals surface area contributed by atoms with Crippen molar-refractivity contribution in [2.45, 2.75) is 57.4 Å². The van der Waals surface area contributed by atoms with E-state index in [1.54, 1.807) is 16.4 Å². The highest BCUT2D eigenvalue weighted by atomic mass is 32.2. The van der Waals surface area contributed by atoms with Gasteiger partial charge in [-0.15, -0.1) is 0 Å². The summed E-state index contributed by atoms with van der Waals surface area (Å²) in [4.78, 5) is 4.62. The Hall–Kier alpha value is -1.73. The monoisotopic (exact) mass is 349 g/mol. The van der Waals surface area contributed by atoms with Gasteiger partial charge in [0.2, 0.25) is 21.7 Å². The molecule has 0 saturated carbocycles. The molecule has 1 fully saturated rings. The van der Waals surface area contributed by atoms with Crippen molar-refractivity contribution in [2.24, 2.45) is 0 Å². The molecule has 0 N–H and O–H groups in total. The summed E-state index contributed by atoms with van der Waals surface area (Å²) in [5.74, 6) is 0.967. The molecular weight excluding hydrogens is 326 g/mol. The van der Waals surface area contributed by atoms with Gasteiger partial charge in [0.05, 0.1) is 4.90 Å². The first-order valence-corrected chi connectivity index (χ1v) is 9.83. The quantitative estimate of drug-likeness (QED) is 0.847. The second kappa shape index (κ2) is 6.64. The molecule has 7 heteroatoms.